The maximum atomic E-state index is 11.3. The van der Waals surface area contributed by atoms with Crippen LogP contribution >= 0.6 is 0 Å². The number of benzene rings is 1. The standard InChI is InChI=1S/C13H18N4O3/c1-16(2)5-3-4-14-11-8-10-9(7-13(18)15-10)6-12(11)17(19)20/h6,8,14H,3-5,7H2,1-2H3,(H,15,18). The Balaban J connectivity index is 2.13. The van der Waals surface area contributed by atoms with Crippen LogP contribution in [-0.2, 0) is 11.2 Å². The van der Waals surface area contributed by atoms with Crippen molar-refractivity contribution in [3.05, 3.63) is 27.8 Å². The molecule has 0 fully saturated rings. The van der Waals surface area contributed by atoms with E-state index in [4.69, 9.17) is 0 Å². The largest absolute Gasteiger partial charge is 0.379 e. The van der Waals surface area contributed by atoms with Gasteiger partial charge in [0.15, 0.2) is 0 Å². The van der Waals surface area contributed by atoms with E-state index < -0.39 is 4.92 Å². The average Bonchev–Trinajstić information content (AvgIpc) is 2.72. The minimum Gasteiger partial charge on any atom is -0.379 e. The van der Waals surface area contributed by atoms with Crippen LogP contribution in [0.3, 0.4) is 0 Å². The van der Waals surface area contributed by atoms with Crippen molar-refractivity contribution in [3.8, 4) is 0 Å². The van der Waals surface area contributed by atoms with E-state index in [2.05, 4.69) is 15.5 Å². The number of nitrogens with zero attached hydrogens (tertiary/aromatic N) is 2. The smallest absolute Gasteiger partial charge is 0.292 e. The Morgan fingerprint density at radius 1 is 1.45 bits per heavy atom. The molecule has 0 saturated carbocycles. The van der Waals surface area contributed by atoms with Crippen LogP contribution in [0.2, 0.25) is 0 Å². The summed E-state index contributed by atoms with van der Waals surface area (Å²) in [6, 6.07) is 3.12. The molecule has 108 valence electrons. The third kappa shape index (κ3) is 3.24. The van der Waals surface area contributed by atoms with Crippen molar-refractivity contribution in [2.75, 3.05) is 37.8 Å². The monoisotopic (exact) mass is 278 g/mol. The summed E-state index contributed by atoms with van der Waals surface area (Å²) in [7, 11) is 3.96. The van der Waals surface area contributed by atoms with Gasteiger partial charge >= 0.3 is 0 Å². The van der Waals surface area contributed by atoms with Gasteiger partial charge in [-0.2, -0.15) is 0 Å². The molecule has 0 unspecified atom stereocenters. The molecule has 7 heteroatoms. The van der Waals surface area contributed by atoms with Gasteiger partial charge in [-0.1, -0.05) is 0 Å². The highest BCUT2D eigenvalue weighted by Crippen LogP contribution is 2.34. The molecule has 1 aliphatic rings. The Hall–Kier alpha value is -2.15. The lowest BCUT2D eigenvalue weighted by Gasteiger charge is -2.11. The maximum absolute atomic E-state index is 11.3. The number of hydrogen-bond acceptors (Lipinski definition) is 5. The van der Waals surface area contributed by atoms with Crippen molar-refractivity contribution in [3.63, 3.8) is 0 Å². The minimum atomic E-state index is -0.419. The molecule has 0 spiro atoms. The number of carbonyl (C=O) groups excluding carboxylic acids is 1. The van der Waals surface area contributed by atoms with E-state index in [9.17, 15) is 14.9 Å². The predicted octanol–water partition coefficient (Wildman–Crippen LogP) is 1.45. The Morgan fingerprint density at radius 2 is 2.20 bits per heavy atom. The summed E-state index contributed by atoms with van der Waals surface area (Å²) >= 11 is 0. The van der Waals surface area contributed by atoms with Gasteiger partial charge in [0, 0.05) is 18.3 Å². The molecule has 1 aliphatic heterocycles. The molecule has 20 heavy (non-hydrogen) atoms. The Morgan fingerprint density at radius 3 is 2.85 bits per heavy atom. The van der Waals surface area contributed by atoms with E-state index in [0.29, 0.717) is 23.5 Å². The predicted molar refractivity (Wildman–Crippen MR) is 77.1 cm³/mol. The molecule has 0 aromatic heterocycles. The van der Waals surface area contributed by atoms with E-state index in [1.165, 1.54) is 6.07 Å². The van der Waals surface area contributed by atoms with Crippen LogP contribution in [-0.4, -0.2) is 42.9 Å². The zero-order valence-electron chi connectivity index (χ0n) is 11.6. The van der Waals surface area contributed by atoms with Crippen molar-refractivity contribution in [2.24, 2.45) is 0 Å². The van der Waals surface area contributed by atoms with E-state index in [0.717, 1.165) is 13.0 Å². The van der Waals surface area contributed by atoms with Crippen LogP contribution in [0.5, 0.6) is 0 Å². The first kappa shape index (κ1) is 14.3. The lowest BCUT2D eigenvalue weighted by atomic mass is 10.1. The van der Waals surface area contributed by atoms with E-state index >= 15 is 0 Å². The fourth-order valence-corrected chi connectivity index (χ4v) is 2.17. The summed E-state index contributed by atoms with van der Waals surface area (Å²) in [5.41, 5.74) is 1.82. The van der Waals surface area contributed by atoms with Crippen molar-refractivity contribution in [2.45, 2.75) is 12.8 Å². The van der Waals surface area contributed by atoms with Crippen LogP contribution in [0.1, 0.15) is 12.0 Å². The number of hydrogen-bond donors (Lipinski definition) is 2. The van der Waals surface area contributed by atoms with Gasteiger partial charge in [0.25, 0.3) is 5.69 Å². The highest BCUT2D eigenvalue weighted by atomic mass is 16.6. The fraction of sp³-hybridized carbons (Fsp3) is 0.462. The topological polar surface area (TPSA) is 87.5 Å². The van der Waals surface area contributed by atoms with Crippen molar-refractivity contribution >= 4 is 23.0 Å². The van der Waals surface area contributed by atoms with Gasteiger partial charge in [0.05, 0.1) is 11.3 Å². The molecule has 1 aromatic rings. The molecule has 1 aromatic carbocycles. The minimum absolute atomic E-state index is 0.0186. The summed E-state index contributed by atoms with van der Waals surface area (Å²) < 4.78 is 0. The number of carbonyl (C=O) groups is 1. The van der Waals surface area contributed by atoms with Gasteiger partial charge in [0.1, 0.15) is 5.69 Å². The zero-order chi connectivity index (χ0) is 14.7. The molecule has 0 radical (unpaired) electrons. The molecule has 1 amide bonds. The van der Waals surface area contributed by atoms with E-state index in [-0.39, 0.29) is 18.0 Å². The second-order valence-corrected chi connectivity index (χ2v) is 5.09. The Bertz CT molecular complexity index is 543. The lowest BCUT2D eigenvalue weighted by Crippen LogP contribution is -2.16. The van der Waals surface area contributed by atoms with Crippen molar-refractivity contribution in [1.82, 2.24) is 4.90 Å². The summed E-state index contributed by atoms with van der Waals surface area (Å²) in [6.45, 7) is 1.55. The number of amides is 1. The van der Waals surface area contributed by atoms with Crippen LogP contribution in [0.15, 0.2) is 12.1 Å². The van der Waals surface area contributed by atoms with Crippen molar-refractivity contribution < 1.29 is 9.72 Å². The third-order valence-corrected chi connectivity index (χ3v) is 3.14. The van der Waals surface area contributed by atoms with Gasteiger partial charge in [-0.3, -0.25) is 14.9 Å². The van der Waals surface area contributed by atoms with Gasteiger partial charge in [-0.15, -0.1) is 0 Å². The number of nitrogens with one attached hydrogen (secondary N) is 2. The van der Waals surface area contributed by atoms with Crippen LogP contribution in [0.4, 0.5) is 17.1 Å². The first-order valence-electron chi connectivity index (χ1n) is 6.47. The van der Waals surface area contributed by atoms with Gasteiger partial charge in [-0.05, 0) is 38.7 Å². The van der Waals surface area contributed by atoms with Crippen LogP contribution in [0, 0.1) is 10.1 Å². The molecular formula is C13H18N4O3. The highest BCUT2D eigenvalue weighted by Gasteiger charge is 2.24. The lowest BCUT2D eigenvalue weighted by molar-refractivity contribution is -0.384. The zero-order valence-corrected chi connectivity index (χ0v) is 11.6. The molecule has 0 atom stereocenters. The molecule has 0 bridgehead atoms. The number of nitro groups is 1. The normalized spacial score (nSPS) is 13.2. The van der Waals surface area contributed by atoms with E-state index in [1.807, 2.05) is 14.1 Å². The third-order valence-electron chi connectivity index (χ3n) is 3.14. The van der Waals surface area contributed by atoms with Crippen LogP contribution in [0.25, 0.3) is 0 Å². The maximum Gasteiger partial charge on any atom is 0.292 e. The number of anilines is 2. The van der Waals surface area contributed by atoms with Gasteiger partial charge in [0.2, 0.25) is 5.91 Å². The number of nitro benzene ring substituents is 1. The second-order valence-electron chi connectivity index (χ2n) is 5.09. The second kappa shape index (κ2) is 5.87. The molecule has 7 nitrogen and oxygen atoms in total. The first-order valence-corrected chi connectivity index (χ1v) is 6.47. The quantitative estimate of drug-likeness (QED) is 0.467. The van der Waals surface area contributed by atoms with Crippen LogP contribution < -0.4 is 10.6 Å². The molecule has 1 heterocycles. The summed E-state index contributed by atoms with van der Waals surface area (Å²) in [6.07, 6.45) is 1.09. The highest BCUT2D eigenvalue weighted by molar-refractivity contribution is 6.00. The molecule has 2 rings (SSSR count). The van der Waals surface area contributed by atoms with Gasteiger partial charge < -0.3 is 15.5 Å². The fourth-order valence-electron chi connectivity index (χ4n) is 2.17. The van der Waals surface area contributed by atoms with Gasteiger partial charge in [-0.25, -0.2) is 0 Å². The SMILES string of the molecule is CN(C)CCCNc1cc2c(cc1[N+](=O)[O-])CC(=O)N2. The average molecular weight is 278 g/mol. The Kier molecular flexibility index (Phi) is 4.19. The summed E-state index contributed by atoms with van der Waals surface area (Å²) in [4.78, 5) is 24.1. The number of rotatable bonds is 6. The van der Waals surface area contributed by atoms with E-state index in [1.54, 1.807) is 6.07 Å². The van der Waals surface area contributed by atoms with Crippen molar-refractivity contribution in [1.29, 1.82) is 0 Å². The Labute approximate surface area is 117 Å². The molecule has 2 N–H and O–H groups in total. The molecule has 0 saturated heterocycles. The number of fused-ring (bicyclic) bond motifs is 1. The summed E-state index contributed by atoms with van der Waals surface area (Å²) in [5.74, 6) is -0.126. The molecule has 0 aliphatic carbocycles. The first-order chi connectivity index (χ1) is 9.47. The molecular weight excluding hydrogens is 260 g/mol. The summed E-state index contributed by atoms with van der Waals surface area (Å²) in [5, 5.41) is 16.9.